The summed E-state index contributed by atoms with van der Waals surface area (Å²) in [4.78, 5) is 12.9. The summed E-state index contributed by atoms with van der Waals surface area (Å²) < 4.78 is 0. The van der Waals surface area contributed by atoms with E-state index in [2.05, 4.69) is 0 Å². The summed E-state index contributed by atoms with van der Waals surface area (Å²) in [7, 11) is 1.86. The predicted molar refractivity (Wildman–Crippen MR) is 47.4 cm³/mol. The lowest BCUT2D eigenvalue weighted by Crippen LogP contribution is -2.27. The highest BCUT2D eigenvalue weighted by molar-refractivity contribution is 5.83. The van der Waals surface area contributed by atoms with Crippen molar-refractivity contribution in [3.63, 3.8) is 0 Å². The van der Waals surface area contributed by atoms with Gasteiger partial charge in [0.05, 0.1) is 0 Å². The lowest BCUT2D eigenvalue weighted by molar-refractivity contribution is -0.133. The molecule has 1 fully saturated rings. The van der Waals surface area contributed by atoms with Crippen molar-refractivity contribution in [2.24, 2.45) is 5.41 Å². The highest BCUT2D eigenvalue weighted by Gasteiger charge is 2.36. The minimum atomic E-state index is -0.0885. The quantitative estimate of drug-likeness (QED) is 0.526. The Morgan fingerprint density at radius 1 is 1.36 bits per heavy atom. The molecular weight excluding hydrogens is 138 g/mol. The van der Waals surface area contributed by atoms with Crippen LogP contribution >= 0.6 is 0 Å². The summed E-state index contributed by atoms with van der Waals surface area (Å²) >= 11 is 0. The van der Waals surface area contributed by atoms with Crippen molar-refractivity contribution in [1.82, 2.24) is 4.90 Å². The van der Waals surface area contributed by atoms with E-state index < -0.39 is 0 Å². The van der Waals surface area contributed by atoms with Gasteiger partial charge >= 0.3 is 0 Å². The molecular formula is C9H19NO. The van der Waals surface area contributed by atoms with Gasteiger partial charge in [-0.1, -0.05) is 27.7 Å². The number of carbonyl (C=O) groups excluding carboxylic acids is 1. The Hall–Kier alpha value is -0.530. The fourth-order valence-electron chi connectivity index (χ4n) is 1.17. The van der Waals surface area contributed by atoms with Crippen LogP contribution in [0.3, 0.4) is 0 Å². The van der Waals surface area contributed by atoms with Crippen LogP contribution in [0.4, 0.5) is 0 Å². The summed E-state index contributed by atoms with van der Waals surface area (Å²) in [5.41, 5.74) is -0.0885. The Kier molecular flexibility index (Phi) is 3.56. The average Bonchev–Trinajstić information content (AvgIpc) is 2.21. The smallest absolute Gasteiger partial charge is 0.228 e. The topological polar surface area (TPSA) is 20.3 Å². The first-order valence-corrected chi connectivity index (χ1v) is 4.29. The molecule has 0 bridgehead atoms. The maximum Gasteiger partial charge on any atom is 0.228 e. The van der Waals surface area contributed by atoms with E-state index in [4.69, 9.17) is 0 Å². The first-order valence-electron chi connectivity index (χ1n) is 4.29. The molecule has 1 aliphatic heterocycles. The second kappa shape index (κ2) is 3.74. The number of hydrogen-bond donors (Lipinski definition) is 0. The van der Waals surface area contributed by atoms with Crippen LogP contribution in [0.1, 0.15) is 34.1 Å². The fraction of sp³-hybridized carbons (Fsp3) is 0.889. The molecule has 1 rings (SSSR count). The number of nitrogens with zero attached hydrogens (tertiary/aromatic N) is 1. The number of amides is 1. The highest BCUT2D eigenvalue weighted by atomic mass is 16.2. The molecule has 2 nitrogen and oxygen atoms in total. The molecule has 0 aromatic carbocycles. The van der Waals surface area contributed by atoms with E-state index in [1.807, 2.05) is 34.7 Å². The van der Waals surface area contributed by atoms with Crippen molar-refractivity contribution in [2.75, 3.05) is 13.6 Å². The van der Waals surface area contributed by atoms with Crippen molar-refractivity contribution < 1.29 is 4.79 Å². The van der Waals surface area contributed by atoms with E-state index in [1.165, 1.54) is 0 Å². The molecule has 0 aromatic rings. The van der Waals surface area contributed by atoms with Crippen LogP contribution in [0.5, 0.6) is 0 Å². The van der Waals surface area contributed by atoms with Gasteiger partial charge in [0.15, 0.2) is 0 Å². The second-order valence-electron chi connectivity index (χ2n) is 3.36. The van der Waals surface area contributed by atoms with Gasteiger partial charge in [-0.3, -0.25) is 4.79 Å². The van der Waals surface area contributed by atoms with Crippen molar-refractivity contribution in [3.05, 3.63) is 0 Å². The molecule has 0 radical (unpaired) electrons. The third-order valence-electron chi connectivity index (χ3n) is 2.00. The lowest BCUT2D eigenvalue weighted by Gasteiger charge is -2.14. The van der Waals surface area contributed by atoms with Crippen molar-refractivity contribution in [3.8, 4) is 0 Å². The van der Waals surface area contributed by atoms with Gasteiger partial charge in [-0.05, 0) is 6.42 Å². The Bertz CT molecular complexity index is 140. The predicted octanol–water partition coefficient (Wildman–Crippen LogP) is 1.90. The highest BCUT2D eigenvalue weighted by Crippen LogP contribution is 2.28. The maximum absolute atomic E-state index is 11.2. The Morgan fingerprint density at radius 3 is 1.91 bits per heavy atom. The molecule has 1 saturated heterocycles. The molecule has 1 heterocycles. The van der Waals surface area contributed by atoms with Gasteiger partial charge < -0.3 is 4.90 Å². The number of hydrogen-bond acceptors (Lipinski definition) is 1. The lowest BCUT2D eigenvalue weighted by atomic mass is 9.92. The van der Waals surface area contributed by atoms with E-state index in [0.29, 0.717) is 0 Å². The summed E-state index contributed by atoms with van der Waals surface area (Å²) in [6.45, 7) is 8.92. The largest absolute Gasteiger partial charge is 0.345 e. The third-order valence-corrected chi connectivity index (χ3v) is 2.00. The first-order chi connectivity index (χ1) is 5.04. The van der Waals surface area contributed by atoms with Gasteiger partial charge in [0, 0.05) is 19.0 Å². The van der Waals surface area contributed by atoms with E-state index in [-0.39, 0.29) is 11.3 Å². The molecule has 11 heavy (non-hydrogen) atoms. The van der Waals surface area contributed by atoms with E-state index in [9.17, 15) is 4.79 Å². The fourth-order valence-corrected chi connectivity index (χ4v) is 1.17. The van der Waals surface area contributed by atoms with Crippen LogP contribution < -0.4 is 0 Å². The van der Waals surface area contributed by atoms with Crippen molar-refractivity contribution in [2.45, 2.75) is 34.1 Å². The summed E-state index contributed by atoms with van der Waals surface area (Å²) in [6, 6.07) is 0. The van der Waals surface area contributed by atoms with Crippen LogP contribution in [0.25, 0.3) is 0 Å². The molecule has 0 unspecified atom stereocenters. The zero-order chi connectivity index (χ0) is 9.07. The summed E-state index contributed by atoms with van der Waals surface area (Å²) in [5.74, 6) is 0.280. The van der Waals surface area contributed by atoms with Crippen LogP contribution in [-0.4, -0.2) is 24.4 Å². The Labute approximate surface area is 69.6 Å². The van der Waals surface area contributed by atoms with Crippen molar-refractivity contribution in [1.29, 1.82) is 0 Å². The molecule has 2 heteroatoms. The van der Waals surface area contributed by atoms with Crippen LogP contribution in [-0.2, 0) is 4.79 Å². The molecule has 0 aliphatic carbocycles. The summed E-state index contributed by atoms with van der Waals surface area (Å²) in [5, 5.41) is 0. The van der Waals surface area contributed by atoms with Gasteiger partial charge in [0.25, 0.3) is 0 Å². The number of carbonyl (C=O) groups is 1. The average molecular weight is 157 g/mol. The van der Waals surface area contributed by atoms with Crippen molar-refractivity contribution >= 4 is 5.91 Å². The Morgan fingerprint density at radius 2 is 1.82 bits per heavy atom. The van der Waals surface area contributed by atoms with E-state index in [0.717, 1.165) is 13.0 Å². The summed E-state index contributed by atoms with van der Waals surface area (Å²) in [6.07, 6.45) is 1.00. The first kappa shape index (κ1) is 10.5. The second-order valence-corrected chi connectivity index (χ2v) is 3.36. The molecule has 1 aliphatic rings. The molecule has 0 N–H and O–H groups in total. The molecule has 0 saturated carbocycles. The molecule has 1 amide bonds. The molecule has 0 spiro atoms. The zero-order valence-electron chi connectivity index (χ0n) is 8.27. The van der Waals surface area contributed by atoms with E-state index in [1.54, 1.807) is 4.90 Å². The minimum absolute atomic E-state index is 0.0885. The van der Waals surface area contributed by atoms with E-state index >= 15 is 0 Å². The number of rotatable bonds is 0. The van der Waals surface area contributed by atoms with Gasteiger partial charge in [0.2, 0.25) is 5.91 Å². The molecule has 66 valence electrons. The monoisotopic (exact) mass is 157 g/mol. The number of likely N-dealkylation sites (tertiary alicyclic amines) is 1. The minimum Gasteiger partial charge on any atom is -0.345 e. The van der Waals surface area contributed by atoms with Gasteiger partial charge in [-0.2, -0.15) is 0 Å². The van der Waals surface area contributed by atoms with Gasteiger partial charge in [-0.15, -0.1) is 0 Å². The SMILES string of the molecule is CC.CN1CCC(C)(C)C1=O. The zero-order valence-corrected chi connectivity index (χ0v) is 8.27. The van der Waals surface area contributed by atoms with Gasteiger partial charge in [0.1, 0.15) is 0 Å². The van der Waals surface area contributed by atoms with Crippen LogP contribution in [0, 0.1) is 5.41 Å². The normalized spacial score (nSPS) is 21.2. The third kappa shape index (κ3) is 2.21. The molecule has 0 aromatic heterocycles. The van der Waals surface area contributed by atoms with Crippen LogP contribution in [0.2, 0.25) is 0 Å². The molecule has 0 atom stereocenters. The standard InChI is InChI=1S/C7H13NO.C2H6/c1-7(2)4-5-8(3)6(7)9;1-2/h4-5H2,1-3H3;1-2H3. The van der Waals surface area contributed by atoms with Gasteiger partial charge in [-0.25, -0.2) is 0 Å². The Balaban J connectivity index is 0.000000461. The maximum atomic E-state index is 11.2. The van der Waals surface area contributed by atoms with Crippen LogP contribution in [0.15, 0.2) is 0 Å².